The number of hydrogen-bond donors (Lipinski definition) is 1. The first kappa shape index (κ1) is 27.5. The molecule has 2 saturated heterocycles. The van der Waals surface area contributed by atoms with Crippen molar-refractivity contribution < 1.29 is 33.0 Å². The fourth-order valence-corrected chi connectivity index (χ4v) is 4.29. The minimum Gasteiger partial charge on any atom is -0.444 e. The molecule has 36 heavy (non-hydrogen) atoms. The Morgan fingerprint density at radius 1 is 1.28 bits per heavy atom. The van der Waals surface area contributed by atoms with E-state index >= 15 is 0 Å². The average Bonchev–Trinajstić information content (AvgIpc) is 3.17. The van der Waals surface area contributed by atoms with Crippen molar-refractivity contribution in [3.05, 3.63) is 24.0 Å². The van der Waals surface area contributed by atoms with Gasteiger partial charge in [0.15, 0.2) is 0 Å². The minimum absolute atomic E-state index is 0.0129. The quantitative estimate of drug-likeness (QED) is 0.545. The minimum atomic E-state index is -0.750. The number of hydrogen-bond acceptors (Lipinski definition) is 7. The summed E-state index contributed by atoms with van der Waals surface area (Å²) in [6.45, 7) is 9.58. The molecular weight excluding hydrogens is 471 g/mol. The van der Waals surface area contributed by atoms with E-state index in [9.17, 15) is 18.8 Å². The molecule has 2 N–H and O–H groups in total. The van der Waals surface area contributed by atoms with Gasteiger partial charge in [0.25, 0.3) is 0 Å². The van der Waals surface area contributed by atoms with Crippen LogP contribution in [0.2, 0.25) is 0 Å². The third kappa shape index (κ3) is 7.22. The highest BCUT2D eigenvalue weighted by Crippen LogP contribution is 2.29. The van der Waals surface area contributed by atoms with Gasteiger partial charge in [-0.15, -0.1) is 0 Å². The lowest BCUT2D eigenvalue weighted by Gasteiger charge is -2.30. The first-order valence-electron chi connectivity index (χ1n) is 12.4. The van der Waals surface area contributed by atoms with Crippen LogP contribution in [0.5, 0.6) is 0 Å². The lowest BCUT2D eigenvalue weighted by molar-refractivity contribution is -0.122. The summed E-state index contributed by atoms with van der Waals surface area (Å²) in [5, 5.41) is 0. The largest absolute Gasteiger partial charge is 0.444 e. The van der Waals surface area contributed by atoms with E-state index in [1.165, 1.54) is 15.9 Å². The van der Waals surface area contributed by atoms with Gasteiger partial charge in [-0.1, -0.05) is 13.3 Å². The van der Waals surface area contributed by atoms with Gasteiger partial charge >= 0.3 is 12.2 Å². The van der Waals surface area contributed by atoms with Gasteiger partial charge in [-0.05, 0) is 45.4 Å². The Morgan fingerprint density at radius 2 is 1.97 bits per heavy atom. The molecule has 11 heteroatoms. The summed E-state index contributed by atoms with van der Waals surface area (Å²) in [6, 6.07) is 4.63. The summed E-state index contributed by atoms with van der Waals surface area (Å²) in [7, 11) is 0. The number of morpholine rings is 1. The topological polar surface area (TPSA) is 115 Å². The molecule has 2 fully saturated rings. The van der Waals surface area contributed by atoms with E-state index in [2.05, 4.69) is 0 Å². The van der Waals surface area contributed by atoms with Gasteiger partial charge in [-0.2, -0.15) is 0 Å². The molecule has 3 rings (SSSR count). The molecular formula is C25H37FN4O6. The number of benzene rings is 1. The molecule has 0 spiro atoms. The van der Waals surface area contributed by atoms with Crippen LogP contribution in [0.4, 0.5) is 25.4 Å². The standard InChI is InChI=1S/C25H37FN4O6/c1-5-6-17(22(27)31)14-29(23(32)36-25(2,3)4)15-19-16-30(24(33)35-19)18-7-8-21(20(26)13-18)28-9-11-34-12-10-28/h7-8,13,17,19H,5-6,9-12,14-16H2,1-4H3,(H2,27,31)/t17?,19-/m0/s1. The van der Waals surface area contributed by atoms with Gasteiger partial charge in [0.2, 0.25) is 5.91 Å². The molecule has 200 valence electrons. The van der Waals surface area contributed by atoms with Gasteiger partial charge in [0.05, 0.1) is 43.6 Å². The molecule has 0 bridgehead atoms. The molecule has 2 aliphatic heterocycles. The summed E-state index contributed by atoms with van der Waals surface area (Å²) >= 11 is 0. The summed E-state index contributed by atoms with van der Waals surface area (Å²) in [4.78, 5) is 42.1. The lowest BCUT2D eigenvalue weighted by atomic mass is 10.0. The van der Waals surface area contributed by atoms with Crippen molar-refractivity contribution in [1.82, 2.24) is 4.90 Å². The molecule has 0 saturated carbocycles. The number of nitrogens with zero attached hydrogens (tertiary/aromatic N) is 3. The molecule has 2 heterocycles. The van der Waals surface area contributed by atoms with E-state index in [0.717, 1.165) is 0 Å². The van der Waals surface area contributed by atoms with Crippen molar-refractivity contribution in [3.63, 3.8) is 0 Å². The molecule has 2 atom stereocenters. The van der Waals surface area contributed by atoms with E-state index in [1.54, 1.807) is 32.9 Å². The number of ether oxygens (including phenoxy) is 3. The molecule has 0 aliphatic carbocycles. The summed E-state index contributed by atoms with van der Waals surface area (Å²) in [5.41, 5.74) is 5.62. The van der Waals surface area contributed by atoms with Crippen LogP contribution in [-0.2, 0) is 19.0 Å². The van der Waals surface area contributed by atoms with Crippen molar-refractivity contribution >= 4 is 29.5 Å². The number of nitrogens with two attached hydrogens (primary N) is 1. The number of amides is 3. The monoisotopic (exact) mass is 508 g/mol. The Balaban J connectivity index is 1.72. The summed E-state index contributed by atoms with van der Waals surface area (Å²) in [5.74, 6) is -1.51. The zero-order chi connectivity index (χ0) is 26.5. The third-order valence-corrected chi connectivity index (χ3v) is 6.02. The molecule has 3 amide bonds. The highest BCUT2D eigenvalue weighted by atomic mass is 19.1. The number of halogens is 1. The van der Waals surface area contributed by atoms with E-state index in [0.29, 0.717) is 50.5 Å². The maximum atomic E-state index is 14.9. The maximum Gasteiger partial charge on any atom is 0.414 e. The van der Waals surface area contributed by atoms with Crippen LogP contribution < -0.4 is 15.5 Å². The van der Waals surface area contributed by atoms with Crippen LogP contribution in [0.15, 0.2) is 18.2 Å². The van der Waals surface area contributed by atoms with Crippen LogP contribution in [0.3, 0.4) is 0 Å². The molecule has 1 unspecified atom stereocenters. The maximum absolute atomic E-state index is 14.9. The van der Waals surface area contributed by atoms with Crippen molar-refractivity contribution in [1.29, 1.82) is 0 Å². The van der Waals surface area contributed by atoms with Gasteiger partial charge in [0.1, 0.15) is 17.5 Å². The molecule has 10 nitrogen and oxygen atoms in total. The van der Waals surface area contributed by atoms with Gasteiger partial charge in [0, 0.05) is 19.6 Å². The Bertz CT molecular complexity index is 947. The fourth-order valence-electron chi connectivity index (χ4n) is 4.29. The normalized spacial score (nSPS) is 19.1. The van der Waals surface area contributed by atoms with E-state index in [-0.39, 0.29) is 19.6 Å². The van der Waals surface area contributed by atoms with Crippen LogP contribution in [0.25, 0.3) is 0 Å². The zero-order valence-electron chi connectivity index (χ0n) is 21.5. The number of cyclic esters (lactones) is 1. The van der Waals surface area contributed by atoms with Crippen LogP contribution >= 0.6 is 0 Å². The highest BCUT2D eigenvalue weighted by molar-refractivity contribution is 5.90. The second-order valence-corrected chi connectivity index (χ2v) is 10.1. The smallest absolute Gasteiger partial charge is 0.414 e. The van der Waals surface area contributed by atoms with Crippen LogP contribution in [-0.4, -0.2) is 80.6 Å². The Kier molecular flexibility index (Phi) is 8.99. The Morgan fingerprint density at radius 3 is 2.56 bits per heavy atom. The molecule has 1 aromatic rings. The second kappa shape index (κ2) is 11.8. The van der Waals surface area contributed by atoms with Crippen molar-refractivity contribution in [2.45, 2.75) is 52.2 Å². The van der Waals surface area contributed by atoms with Crippen molar-refractivity contribution in [2.24, 2.45) is 11.7 Å². The second-order valence-electron chi connectivity index (χ2n) is 10.1. The Labute approximate surface area is 211 Å². The Hall–Kier alpha value is -3.08. The van der Waals surface area contributed by atoms with Gasteiger partial charge < -0.3 is 29.7 Å². The van der Waals surface area contributed by atoms with E-state index in [1.807, 2.05) is 11.8 Å². The predicted octanol–water partition coefficient (Wildman–Crippen LogP) is 3.13. The molecule has 0 radical (unpaired) electrons. The van der Waals surface area contributed by atoms with Crippen LogP contribution in [0, 0.1) is 11.7 Å². The lowest BCUT2D eigenvalue weighted by Crippen LogP contribution is -2.46. The van der Waals surface area contributed by atoms with Gasteiger partial charge in [-0.25, -0.2) is 14.0 Å². The van der Waals surface area contributed by atoms with Crippen molar-refractivity contribution in [3.8, 4) is 0 Å². The highest BCUT2D eigenvalue weighted by Gasteiger charge is 2.37. The van der Waals surface area contributed by atoms with Crippen molar-refractivity contribution in [2.75, 3.05) is 55.7 Å². The van der Waals surface area contributed by atoms with E-state index in [4.69, 9.17) is 19.9 Å². The summed E-state index contributed by atoms with van der Waals surface area (Å²) in [6.07, 6.45) is -0.724. The third-order valence-electron chi connectivity index (χ3n) is 6.02. The molecule has 0 aromatic heterocycles. The number of rotatable bonds is 9. The fraction of sp³-hybridized carbons (Fsp3) is 0.640. The number of carbonyl (C=O) groups excluding carboxylic acids is 3. The summed E-state index contributed by atoms with van der Waals surface area (Å²) < 4.78 is 31.2. The zero-order valence-corrected chi connectivity index (χ0v) is 21.5. The number of anilines is 2. The number of primary amides is 1. The van der Waals surface area contributed by atoms with Crippen LogP contribution in [0.1, 0.15) is 40.5 Å². The predicted molar refractivity (Wildman–Crippen MR) is 132 cm³/mol. The SMILES string of the molecule is CCCC(CN(C[C@H]1CN(c2ccc(N3CCOCC3)c(F)c2)C(=O)O1)C(=O)OC(C)(C)C)C(N)=O. The average molecular weight is 509 g/mol. The first-order chi connectivity index (χ1) is 17.0. The van der Waals surface area contributed by atoms with E-state index < -0.39 is 41.5 Å². The number of carbonyl (C=O) groups is 3. The molecule has 1 aromatic carbocycles. The molecule has 2 aliphatic rings. The first-order valence-corrected chi connectivity index (χ1v) is 12.4. The van der Waals surface area contributed by atoms with Gasteiger partial charge in [-0.3, -0.25) is 9.69 Å².